The monoisotopic (exact) mass is 1000 g/mol. The molecule has 71 heavy (non-hydrogen) atoms. The third kappa shape index (κ3) is 10.9. The van der Waals surface area contributed by atoms with E-state index in [-0.39, 0.29) is 35.7 Å². The number of H-pyrrole nitrogens is 2. The van der Waals surface area contributed by atoms with Gasteiger partial charge in [0.05, 0.1) is 48.4 Å². The molecular formula is C55H68N8O6S2. The maximum absolute atomic E-state index is 14.0. The van der Waals surface area contributed by atoms with Crippen molar-refractivity contribution in [2.24, 2.45) is 23.7 Å². The van der Waals surface area contributed by atoms with Gasteiger partial charge in [-0.15, -0.1) is 0 Å². The van der Waals surface area contributed by atoms with Crippen molar-refractivity contribution in [3.63, 3.8) is 0 Å². The molecule has 2 saturated heterocycles. The zero-order chi connectivity index (χ0) is 49.9. The van der Waals surface area contributed by atoms with E-state index >= 15 is 0 Å². The van der Waals surface area contributed by atoms with Gasteiger partial charge in [0.15, 0.2) is 0 Å². The van der Waals surface area contributed by atoms with Crippen LogP contribution in [0.4, 0.5) is 9.59 Å². The Hall–Kier alpha value is -5.74. The first-order chi connectivity index (χ1) is 34.3. The third-order valence-electron chi connectivity index (χ3n) is 15.2. The number of allylic oxidation sites excluding steroid dienone is 4. The van der Waals surface area contributed by atoms with Gasteiger partial charge in [-0.25, -0.2) is 19.6 Å². The van der Waals surface area contributed by atoms with Gasteiger partial charge in [-0.05, 0) is 162 Å². The van der Waals surface area contributed by atoms with Crippen molar-refractivity contribution in [3.8, 4) is 11.1 Å². The second kappa shape index (κ2) is 21.9. The molecule has 0 unspecified atom stereocenters. The molecule has 8 atom stereocenters. The number of methoxy groups -OCH3 is 2. The lowest BCUT2D eigenvalue weighted by Crippen LogP contribution is -2.49. The molecule has 3 aromatic carbocycles. The first-order valence-electron chi connectivity index (χ1n) is 25.1. The highest BCUT2D eigenvalue weighted by molar-refractivity contribution is 7.98. The van der Waals surface area contributed by atoms with Crippen molar-refractivity contribution in [2.45, 2.75) is 96.3 Å². The van der Waals surface area contributed by atoms with Gasteiger partial charge in [0.2, 0.25) is 11.8 Å². The van der Waals surface area contributed by atoms with Gasteiger partial charge in [-0.1, -0.05) is 63.3 Å². The Morgan fingerprint density at radius 2 is 1.27 bits per heavy atom. The molecule has 5 aliphatic carbocycles. The van der Waals surface area contributed by atoms with Crippen LogP contribution in [0.3, 0.4) is 0 Å². The number of hydrogen-bond donors (Lipinski definition) is 4. The minimum absolute atomic E-state index is 0.104. The Balaban J connectivity index is 0.957. The van der Waals surface area contributed by atoms with Crippen molar-refractivity contribution in [2.75, 3.05) is 51.3 Å². The molecule has 14 nitrogen and oxygen atoms in total. The van der Waals surface area contributed by atoms with Crippen LogP contribution in [0.2, 0.25) is 0 Å². The Morgan fingerprint density at radius 3 is 1.82 bits per heavy atom. The van der Waals surface area contributed by atoms with Crippen LogP contribution >= 0.6 is 23.5 Å². The van der Waals surface area contributed by atoms with Crippen molar-refractivity contribution < 1.29 is 28.7 Å². The number of aromatic amines is 2. The van der Waals surface area contributed by atoms with Crippen LogP contribution in [0.1, 0.15) is 99.7 Å². The molecule has 5 aromatic rings. The number of fused-ring (bicyclic) bond motifs is 2. The number of likely N-dealkylation sites (tertiary alicyclic amines) is 2. The fraction of sp³-hybridized carbons (Fsp3) is 0.491. The summed E-state index contributed by atoms with van der Waals surface area (Å²) in [4.78, 5) is 73.8. The predicted molar refractivity (Wildman–Crippen MR) is 284 cm³/mol. The second-order valence-corrected chi connectivity index (χ2v) is 22.2. The molecular weight excluding hydrogens is 933 g/mol. The highest BCUT2D eigenvalue weighted by Gasteiger charge is 2.41. The predicted octanol–water partition coefficient (Wildman–Crippen LogP) is 10.0. The molecule has 4 heterocycles. The molecule has 2 fully saturated rings. The smallest absolute Gasteiger partial charge is 0.407 e. The number of thioether (sulfide) groups is 2. The molecule has 2 aliphatic heterocycles. The number of nitrogens with one attached hydrogen (secondary N) is 4. The van der Waals surface area contributed by atoms with Gasteiger partial charge in [0.1, 0.15) is 23.7 Å². The molecule has 0 saturated carbocycles. The summed E-state index contributed by atoms with van der Waals surface area (Å²) in [5.74, 6) is 4.06. The van der Waals surface area contributed by atoms with Crippen LogP contribution in [0, 0.1) is 23.7 Å². The maximum atomic E-state index is 14.0. The molecule has 376 valence electrons. The summed E-state index contributed by atoms with van der Waals surface area (Å²) in [6.07, 6.45) is 13.8. The van der Waals surface area contributed by atoms with Crippen molar-refractivity contribution in [1.29, 1.82) is 0 Å². The molecule has 4 N–H and O–H groups in total. The van der Waals surface area contributed by atoms with E-state index < -0.39 is 24.3 Å². The Morgan fingerprint density at radius 1 is 0.718 bits per heavy atom. The van der Waals surface area contributed by atoms with Crippen LogP contribution < -0.4 is 10.6 Å². The van der Waals surface area contributed by atoms with Gasteiger partial charge < -0.3 is 39.9 Å². The molecule has 2 aromatic heterocycles. The van der Waals surface area contributed by atoms with Crippen molar-refractivity contribution in [3.05, 3.63) is 101 Å². The third-order valence-corrected chi connectivity index (χ3v) is 16.4. The van der Waals surface area contributed by atoms with Gasteiger partial charge >= 0.3 is 12.2 Å². The Labute approximate surface area is 425 Å². The van der Waals surface area contributed by atoms with Crippen LogP contribution in [-0.2, 0) is 31.9 Å². The fourth-order valence-corrected chi connectivity index (χ4v) is 12.3. The largest absolute Gasteiger partial charge is 0.453 e. The van der Waals surface area contributed by atoms with E-state index in [4.69, 9.17) is 19.4 Å². The Bertz CT molecular complexity index is 2860. The molecule has 7 aliphatic rings. The highest BCUT2D eigenvalue weighted by Crippen LogP contribution is 2.42. The topological polar surface area (TPSA) is 175 Å². The number of nitrogens with zero attached hydrogens (tertiary/aromatic N) is 4. The number of hydrogen-bond acceptors (Lipinski definition) is 10. The number of rotatable bonds is 14. The van der Waals surface area contributed by atoms with E-state index in [1.165, 1.54) is 47.6 Å². The minimum atomic E-state index is -0.673. The number of aryl methyl sites for hydroxylation is 1. The summed E-state index contributed by atoms with van der Waals surface area (Å²) in [5, 5.41) is 5.57. The van der Waals surface area contributed by atoms with Gasteiger partial charge in [0.25, 0.3) is 0 Å². The van der Waals surface area contributed by atoms with E-state index in [1.54, 1.807) is 23.5 Å². The number of imidazole rings is 2. The maximum Gasteiger partial charge on any atom is 0.407 e. The number of ether oxygens (including phenoxy) is 2. The number of carbonyl (C=O) groups is 4. The summed E-state index contributed by atoms with van der Waals surface area (Å²) >= 11 is 3.28. The zero-order valence-corrected chi connectivity index (χ0v) is 43.6. The van der Waals surface area contributed by atoms with E-state index in [0.717, 1.165) is 89.3 Å². The molecule has 0 radical (unpaired) electrons. The highest BCUT2D eigenvalue weighted by atomic mass is 32.2. The number of aromatic nitrogens is 4. The Kier molecular flexibility index (Phi) is 15.5. The van der Waals surface area contributed by atoms with E-state index in [2.05, 4.69) is 108 Å². The molecule has 4 amide bonds. The lowest BCUT2D eigenvalue weighted by molar-refractivity contribution is -0.135. The first kappa shape index (κ1) is 50.2. The SMILES string of the molecule is COC(=O)N[C@@H](CCSC)C(=O)N1C[C@H](C)C[C@H]1c1nc2ccc(C3=C4C=C[C@H](C3)[C@H](C)Cc3ccc(cc3-c3ccc5nc([C@@H]6C[C@@H](C)CN6C(=O)[C@H](CCSC)NC(=O)OC)[nH]c5c3)CC4)cc2[nH]1. The summed E-state index contributed by atoms with van der Waals surface area (Å²) in [6.45, 7) is 7.88. The normalized spacial score (nSPS) is 23.0. The fourth-order valence-electron chi connectivity index (χ4n) is 11.3. The minimum Gasteiger partial charge on any atom is -0.453 e. The zero-order valence-electron chi connectivity index (χ0n) is 42.0. The van der Waals surface area contributed by atoms with Gasteiger partial charge in [0, 0.05) is 13.1 Å². The van der Waals surface area contributed by atoms with Crippen LogP contribution in [0.5, 0.6) is 0 Å². The van der Waals surface area contributed by atoms with E-state index in [1.807, 2.05) is 22.3 Å². The van der Waals surface area contributed by atoms with Crippen LogP contribution in [0.15, 0.2) is 72.3 Å². The molecule has 12 rings (SSSR count). The average molecular weight is 1000 g/mol. The quantitative estimate of drug-likeness (QED) is 0.0838. The summed E-state index contributed by atoms with van der Waals surface area (Å²) in [6, 6.07) is 18.3. The summed E-state index contributed by atoms with van der Waals surface area (Å²) in [7, 11) is 2.64. The standard InChI is InChI=1S/C55H68N8O6S2/c1-31-22-48(62(29-31)52(64)44(18-20-70-6)60-54(66)68-4)50-56-42-16-14-38(27-46(42)58-50)40-25-34-8-10-35-12-13-36(33(3)24-37(40)11-9-34)26-41(35)39-15-17-43-47(28-39)59-51(57-43)49-23-32(2)30-63(49)53(65)45(19-21-71-7)61-55(67)69-5/h9,11-17,25,27-28,31-33,36,44-45,48-49H,8,10,18-24,26,29-30H2,1-7H3,(H,56,58)(H,57,59)(H,60,66)(H,61,67)/t31-,32-,33-,36-,44+,45+,48+,49+/m1/s1. The van der Waals surface area contributed by atoms with E-state index in [9.17, 15) is 19.2 Å². The second-order valence-electron chi connectivity index (χ2n) is 20.2. The van der Waals surface area contributed by atoms with Crippen LogP contribution in [-0.4, -0.2) is 117 Å². The molecule has 4 bridgehead atoms. The van der Waals surface area contributed by atoms with Gasteiger partial charge in [-0.3, -0.25) is 9.59 Å². The van der Waals surface area contributed by atoms with Gasteiger partial charge in [-0.2, -0.15) is 23.5 Å². The molecule has 0 spiro atoms. The number of alkyl carbamates (subject to hydrolysis) is 2. The number of amides is 4. The summed E-state index contributed by atoms with van der Waals surface area (Å²) in [5.41, 5.74) is 12.5. The number of benzene rings is 3. The lowest BCUT2D eigenvalue weighted by atomic mass is 9.75. The summed E-state index contributed by atoms with van der Waals surface area (Å²) < 4.78 is 9.75. The number of carbonyl (C=O) groups excluding carboxylic acids is 4. The van der Waals surface area contributed by atoms with Crippen LogP contribution in [0.25, 0.3) is 38.8 Å². The molecule has 16 heteroatoms. The van der Waals surface area contributed by atoms with Crippen molar-refractivity contribution >= 4 is 75.2 Å². The first-order valence-corrected chi connectivity index (χ1v) is 27.9. The van der Waals surface area contributed by atoms with Crippen molar-refractivity contribution in [1.82, 2.24) is 40.4 Å². The average Bonchev–Trinajstić information content (AvgIpc) is 4.19. The lowest BCUT2D eigenvalue weighted by Gasteiger charge is -2.29. The van der Waals surface area contributed by atoms with E-state index in [0.29, 0.717) is 37.8 Å².